The van der Waals surface area contributed by atoms with Crippen LogP contribution in [0.4, 0.5) is 5.69 Å². The normalized spacial score (nSPS) is 17.5. The third kappa shape index (κ3) is 4.61. The topological polar surface area (TPSA) is 53.7 Å². The second kappa shape index (κ2) is 9.25. The minimum Gasteiger partial charge on any atom is -0.403 e. The van der Waals surface area contributed by atoms with Crippen LogP contribution in [0.1, 0.15) is 54.0 Å². The largest absolute Gasteiger partial charge is 0.495 e. The molecule has 184 valence electrons. The quantitative estimate of drug-likeness (QED) is 0.407. The fourth-order valence-electron chi connectivity index (χ4n) is 4.92. The summed E-state index contributed by atoms with van der Waals surface area (Å²) in [4.78, 5) is 0. The Kier molecular flexibility index (Phi) is 6.79. The Bertz CT molecular complexity index is 1100. The van der Waals surface area contributed by atoms with Crippen molar-refractivity contribution in [3.63, 3.8) is 0 Å². The molecule has 1 heterocycles. The van der Waals surface area contributed by atoms with Crippen molar-refractivity contribution < 1.29 is 13.7 Å². The van der Waals surface area contributed by atoms with Gasteiger partial charge in [-0.15, -0.1) is 0 Å². The van der Waals surface area contributed by atoms with E-state index >= 15 is 0 Å². The van der Waals surface area contributed by atoms with Crippen LogP contribution in [-0.4, -0.2) is 26.6 Å². The molecule has 1 fully saturated rings. The van der Waals surface area contributed by atoms with Crippen LogP contribution in [0.25, 0.3) is 0 Å². The van der Waals surface area contributed by atoms with Crippen molar-refractivity contribution >= 4 is 37.0 Å². The predicted molar refractivity (Wildman–Crippen MR) is 149 cm³/mol. The Morgan fingerprint density at radius 2 is 1.26 bits per heavy atom. The van der Waals surface area contributed by atoms with E-state index in [1.165, 1.54) is 10.4 Å². The van der Waals surface area contributed by atoms with Crippen molar-refractivity contribution in [1.82, 2.24) is 0 Å². The smallest absolute Gasteiger partial charge is 0.403 e. The maximum absolute atomic E-state index is 7.19. The molecular formula is C29H38BNO3Si. The van der Waals surface area contributed by atoms with Gasteiger partial charge >= 0.3 is 7.12 Å². The first-order valence-electron chi connectivity index (χ1n) is 12.4. The summed E-state index contributed by atoms with van der Waals surface area (Å²) in [6.45, 7) is 15.5. The van der Waals surface area contributed by atoms with Crippen LogP contribution in [0.15, 0.2) is 78.9 Å². The molecule has 1 aliphatic rings. The van der Waals surface area contributed by atoms with Gasteiger partial charge in [0.25, 0.3) is 8.32 Å². The second-order valence-electron chi connectivity index (χ2n) is 11.5. The summed E-state index contributed by atoms with van der Waals surface area (Å²) >= 11 is 0. The molecule has 4 rings (SSSR count). The maximum Gasteiger partial charge on any atom is 0.495 e. The standard InChI is InChI=1S/C29H38BNO3Si/c1-27(2,3)35(22-15-10-8-11-16-22,23-17-12-9-13-18-23)32-21-24-25(19-14-20-26(24)31)30-33-28(4,5)29(6,7)34-30/h8-20H,21,31H2,1-7H3. The van der Waals surface area contributed by atoms with Crippen molar-refractivity contribution in [1.29, 1.82) is 0 Å². The molecule has 0 spiro atoms. The molecule has 0 radical (unpaired) electrons. The molecule has 3 aromatic carbocycles. The molecule has 6 heteroatoms. The molecule has 4 nitrogen and oxygen atoms in total. The molecule has 35 heavy (non-hydrogen) atoms. The predicted octanol–water partition coefficient (Wildman–Crippen LogP) is 4.64. The lowest BCUT2D eigenvalue weighted by Gasteiger charge is -2.43. The highest BCUT2D eigenvalue weighted by molar-refractivity contribution is 6.99. The van der Waals surface area contributed by atoms with Gasteiger partial charge in [0.05, 0.1) is 17.8 Å². The molecule has 1 saturated heterocycles. The maximum atomic E-state index is 7.19. The Labute approximate surface area is 212 Å². The highest BCUT2D eigenvalue weighted by atomic mass is 28.4. The van der Waals surface area contributed by atoms with Gasteiger partial charge < -0.3 is 19.5 Å². The second-order valence-corrected chi connectivity index (χ2v) is 15.8. The van der Waals surface area contributed by atoms with E-state index in [2.05, 4.69) is 109 Å². The zero-order chi connectivity index (χ0) is 25.5. The van der Waals surface area contributed by atoms with Crippen molar-refractivity contribution in [2.45, 2.75) is 71.3 Å². The summed E-state index contributed by atoms with van der Waals surface area (Å²) in [7, 11) is -3.21. The summed E-state index contributed by atoms with van der Waals surface area (Å²) in [6, 6.07) is 27.3. The lowest BCUT2D eigenvalue weighted by atomic mass is 9.75. The fraction of sp³-hybridized carbons (Fsp3) is 0.379. The lowest BCUT2D eigenvalue weighted by Crippen LogP contribution is -2.66. The first kappa shape index (κ1) is 25.7. The van der Waals surface area contributed by atoms with E-state index in [1.54, 1.807) is 0 Å². The van der Waals surface area contributed by atoms with Crippen LogP contribution < -0.4 is 21.6 Å². The van der Waals surface area contributed by atoms with Crippen LogP contribution in [0.5, 0.6) is 0 Å². The molecular weight excluding hydrogens is 449 g/mol. The van der Waals surface area contributed by atoms with E-state index < -0.39 is 26.6 Å². The van der Waals surface area contributed by atoms with Gasteiger partial charge in [-0.05, 0) is 60.2 Å². The summed E-state index contributed by atoms with van der Waals surface area (Å²) in [6.07, 6.45) is 0. The number of nitrogen functional groups attached to an aromatic ring is 1. The van der Waals surface area contributed by atoms with Gasteiger partial charge in [-0.1, -0.05) is 93.6 Å². The van der Waals surface area contributed by atoms with Crippen LogP contribution in [0, 0.1) is 0 Å². The van der Waals surface area contributed by atoms with E-state index in [1.807, 2.05) is 18.2 Å². The zero-order valence-electron chi connectivity index (χ0n) is 22.1. The highest BCUT2D eigenvalue weighted by Crippen LogP contribution is 2.39. The molecule has 0 unspecified atom stereocenters. The molecule has 2 N–H and O–H groups in total. The molecule has 0 aromatic heterocycles. The summed E-state index contributed by atoms with van der Waals surface area (Å²) < 4.78 is 20.0. The summed E-state index contributed by atoms with van der Waals surface area (Å²) in [5, 5.41) is 2.36. The number of rotatable bonds is 6. The van der Waals surface area contributed by atoms with E-state index in [0.717, 1.165) is 11.0 Å². The van der Waals surface area contributed by atoms with Crippen LogP contribution in [0.3, 0.4) is 0 Å². The van der Waals surface area contributed by atoms with Crippen LogP contribution in [0.2, 0.25) is 5.04 Å². The van der Waals surface area contributed by atoms with Crippen molar-refractivity contribution in [3.05, 3.63) is 84.4 Å². The lowest BCUT2D eigenvalue weighted by molar-refractivity contribution is 0.00578. The van der Waals surface area contributed by atoms with E-state index in [0.29, 0.717) is 12.3 Å². The Hall–Kier alpha value is -2.38. The average molecular weight is 488 g/mol. The van der Waals surface area contributed by atoms with Gasteiger partial charge in [0.2, 0.25) is 0 Å². The molecule has 3 aromatic rings. The third-order valence-corrected chi connectivity index (χ3v) is 12.6. The monoisotopic (exact) mass is 487 g/mol. The van der Waals surface area contributed by atoms with E-state index in [-0.39, 0.29) is 5.04 Å². The van der Waals surface area contributed by atoms with Gasteiger partial charge in [0, 0.05) is 5.69 Å². The van der Waals surface area contributed by atoms with E-state index in [9.17, 15) is 0 Å². The SMILES string of the molecule is CC1(C)OB(c2cccc(N)c2CO[Si](c2ccccc2)(c2ccccc2)C(C)(C)C)OC1(C)C. The summed E-state index contributed by atoms with van der Waals surface area (Å²) in [5.74, 6) is 0. The van der Waals surface area contributed by atoms with Gasteiger partial charge in [0.1, 0.15) is 0 Å². The van der Waals surface area contributed by atoms with Gasteiger partial charge in [-0.2, -0.15) is 0 Å². The Morgan fingerprint density at radius 1 is 0.771 bits per heavy atom. The number of nitrogens with two attached hydrogens (primary N) is 1. The number of anilines is 1. The minimum atomic E-state index is -2.71. The summed E-state index contributed by atoms with van der Waals surface area (Å²) in [5.41, 5.74) is 8.25. The van der Waals surface area contributed by atoms with Gasteiger partial charge in [-0.3, -0.25) is 0 Å². The van der Waals surface area contributed by atoms with Gasteiger partial charge in [0.15, 0.2) is 0 Å². The fourth-order valence-corrected chi connectivity index (χ4v) is 9.44. The molecule has 0 aliphatic carbocycles. The zero-order valence-corrected chi connectivity index (χ0v) is 23.1. The van der Waals surface area contributed by atoms with Gasteiger partial charge in [-0.25, -0.2) is 0 Å². The van der Waals surface area contributed by atoms with Crippen molar-refractivity contribution in [2.24, 2.45) is 0 Å². The number of hydrogen-bond donors (Lipinski definition) is 1. The molecule has 0 bridgehead atoms. The number of hydrogen-bond acceptors (Lipinski definition) is 4. The van der Waals surface area contributed by atoms with Crippen LogP contribution in [-0.2, 0) is 20.3 Å². The first-order chi connectivity index (χ1) is 16.4. The Balaban J connectivity index is 1.79. The number of benzene rings is 3. The first-order valence-corrected chi connectivity index (χ1v) is 14.3. The van der Waals surface area contributed by atoms with Crippen LogP contribution >= 0.6 is 0 Å². The Morgan fingerprint density at radius 3 is 1.71 bits per heavy atom. The van der Waals surface area contributed by atoms with E-state index in [4.69, 9.17) is 19.5 Å². The molecule has 0 atom stereocenters. The molecule has 1 aliphatic heterocycles. The van der Waals surface area contributed by atoms with Crippen molar-refractivity contribution in [2.75, 3.05) is 5.73 Å². The van der Waals surface area contributed by atoms with Crippen molar-refractivity contribution in [3.8, 4) is 0 Å². The third-order valence-electron chi connectivity index (χ3n) is 7.61. The molecule has 0 amide bonds. The highest BCUT2D eigenvalue weighted by Gasteiger charge is 2.53. The minimum absolute atomic E-state index is 0.121. The molecule has 0 saturated carbocycles. The average Bonchev–Trinajstić information content (AvgIpc) is 3.02.